The molecule has 1 aliphatic rings. The third kappa shape index (κ3) is 2.39. The van der Waals surface area contributed by atoms with E-state index in [1.54, 1.807) is 17.4 Å². The van der Waals surface area contributed by atoms with Crippen LogP contribution in [0.4, 0.5) is 0 Å². The molecule has 2 N–H and O–H groups in total. The number of rotatable bonds is 2. The van der Waals surface area contributed by atoms with Crippen LogP contribution in [0.1, 0.15) is 27.4 Å². The second-order valence-corrected chi connectivity index (χ2v) is 7.45. The van der Waals surface area contributed by atoms with Crippen molar-refractivity contribution in [2.75, 3.05) is 5.43 Å². The number of carbonyl (C=O) groups excluding carboxylic acids is 1. The van der Waals surface area contributed by atoms with Crippen LogP contribution >= 0.6 is 39.5 Å². The van der Waals surface area contributed by atoms with Crippen LogP contribution < -0.4 is 11.0 Å². The van der Waals surface area contributed by atoms with E-state index in [1.165, 1.54) is 10.9 Å². The molecule has 0 aliphatic heterocycles. The van der Waals surface area contributed by atoms with Gasteiger partial charge in [0.2, 0.25) is 4.77 Å². The van der Waals surface area contributed by atoms with E-state index in [4.69, 9.17) is 16.6 Å². The van der Waals surface area contributed by atoms with E-state index in [1.807, 2.05) is 0 Å². The third-order valence-corrected chi connectivity index (χ3v) is 5.69. The van der Waals surface area contributed by atoms with Crippen LogP contribution in [0.15, 0.2) is 26.0 Å². The molecule has 23 heavy (non-hydrogen) atoms. The van der Waals surface area contributed by atoms with E-state index >= 15 is 0 Å². The number of hydrogen-bond donors (Lipinski definition) is 2. The minimum atomic E-state index is -0.538. The Balaban J connectivity index is 1.82. The summed E-state index contributed by atoms with van der Waals surface area (Å²) in [6.07, 6.45) is 2.93. The predicted octanol–water partition coefficient (Wildman–Crippen LogP) is 3.35. The Morgan fingerprint density at radius 2 is 2.26 bits per heavy atom. The monoisotopic (exact) mass is 411 g/mol. The number of aromatic nitrogens is 2. The van der Waals surface area contributed by atoms with Crippen LogP contribution in [-0.2, 0) is 12.8 Å². The Labute approximate surface area is 147 Å². The molecule has 0 saturated carbocycles. The van der Waals surface area contributed by atoms with Crippen LogP contribution in [-0.4, -0.2) is 15.6 Å². The third-order valence-electron chi connectivity index (χ3n) is 3.77. The van der Waals surface area contributed by atoms with Crippen molar-refractivity contribution in [2.45, 2.75) is 19.3 Å². The molecule has 6 nitrogen and oxygen atoms in total. The first-order valence-corrected chi connectivity index (χ1v) is 8.92. The molecule has 3 aromatic rings. The van der Waals surface area contributed by atoms with E-state index in [9.17, 15) is 9.59 Å². The number of carbonyl (C=O) groups is 1. The zero-order valence-corrected chi connectivity index (χ0v) is 14.9. The van der Waals surface area contributed by atoms with Crippen molar-refractivity contribution in [3.05, 3.63) is 48.1 Å². The van der Waals surface area contributed by atoms with Gasteiger partial charge < -0.3 is 9.40 Å². The highest BCUT2D eigenvalue weighted by Gasteiger charge is 2.22. The minimum Gasteiger partial charge on any atom is -0.444 e. The number of amides is 1. The van der Waals surface area contributed by atoms with E-state index in [2.05, 4.69) is 26.3 Å². The van der Waals surface area contributed by atoms with Crippen LogP contribution in [0, 0.1) is 4.77 Å². The van der Waals surface area contributed by atoms with Gasteiger partial charge in [-0.3, -0.25) is 15.0 Å². The molecule has 0 bridgehead atoms. The Bertz CT molecular complexity index is 1060. The largest absolute Gasteiger partial charge is 0.444 e. The molecule has 4 rings (SSSR count). The number of halogens is 1. The highest BCUT2D eigenvalue weighted by atomic mass is 79.9. The lowest BCUT2D eigenvalue weighted by Crippen LogP contribution is -2.34. The molecule has 3 aromatic heterocycles. The highest BCUT2D eigenvalue weighted by molar-refractivity contribution is 9.10. The summed E-state index contributed by atoms with van der Waals surface area (Å²) in [6, 6.07) is 3.12. The second-order valence-electron chi connectivity index (χ2n) is 5.18. The molecule has 1 amide bonds. The van der Waals surface area contributed by atoms with Crippen molar-refractivity contribution in [2.24, 2.45) is 0 Å². The summed E-state index contributed by atoms with van der Waals surface area (Å²) in [5.41, 5.74) is 3.27. The Morgan fingerprint density at radius 1 is 1.43 bits per heavy atom. The molecule has 9 heteroatoms. The summed E-state index contributed by atoms with van der Waals surface area (Å²) in [6.45, 7) is 0. The molecule has 1 aliphatic carbocycles. The molecule has 0 unspecified atom stereocenters. The number of nitrogens with one attached hydrogen (secondary N) is 2. The number of thiophene rings is 1. The fourth-order valence-electron chi connectivity index (χ4n) is 2.77. The summed E-state index contributed by atoms with van der Waals surface area (Å²) in [5.74, 6) is -0.447. The highest BCUT2D eigenvalue weighted by Crippen LogP contribution is 2.34. The van der Waals surface area contributed by atoms with Gasteiger partial charge in [0.1, 0.15) is 4.83 Å². The van der Waals surface area contributed by atoms with Gasteiger partial charge in [-0.15, -0.1) is 11.3 Å². The number of nitrogens with zero attached hydrogens (tertiary/aromatic N) is 1. The van der Waals surface area contributed by atoms with Crippen molar-refractivity contribution in [3.8, 4) is 0 Å². The lowest BCUT2D eigenvalue weighted by molar-refractivity contribution is 0.0979. The molecule has 3 heterocycles. The minimum absolute atomic E-state index is 0.0915. The number of fused-ring (bicyclic) bond motifs is 3. The van der Waals surface area contributed by atoms with Crippen molar-refractivity contribution in [1.29, 1.82) is 0 Å². The van der Waals surface area contributed by atoms with Crippen molar-refractivity contribution >= 4 is 55.6 Å². The van der Waals surface area contributed by atoms with Crippen LogP contribution in [0.3, 0.4) is 0 Å². The van der Waals surface area contributed by atoms with Gasteiger partial charge >= 0.3 is 5.91 Å². The average molecular weight is 412 g/mol. The van der Waals surface area contributed by atoms with Gasteiger partial charge in [0.15, 0.2) is 10.4 Å². The molecule has 0 atom stereocenters. The number of hydrogen-bond acceptors (Lipinski definition) is 5. The molecule has 0 saturated heterocycles. The summed E-state index contributed by atoms with van der Waals surface area (Å²) >= 11 is 9.91. The normalized spacial score (nSPS) is 13.4. The Kier molecular flexibility index (Phi) is 3.51. The van der Waals surface area contributed by atoms with Gasteiger partial charge in [-0.25, -0.2) is 0 Å². The van der Waals surface area contributed by atoms with Crippen LogP contribution in [0.25, 0.3) is 10.2 Å². The number of H-pyrrole nitrogens is 1. The van der Waals surface area contributed by atoms with Gasteiger partial charge in [-0.1, -0.05) is 0 Å². The van der Waals surface area contributed by atoms with E-state index in [0.717, 1.165) is 34.3 Å². The van der Waals surface area contributed by atoms with Gasteiger partial charge in [0.25, 0.3) is 5.56 Å². The summed E-state index contributed by atoms with van der Waals surface area (Å²) in [7, 11) is 0. The topological polar surface area (TPSA) is 80.0 Å². The fourth-order valence-corrected chi connectivity index (χ4v) is 4.65. The zero-order chi connectivity index (χ0) is 16.1. The number of aryl methyl sites for hydroxylation is 2. The molecule has 0 fully saturated rings. The second kappa shape index (κ2) is 5.43. The fraction of sp³-hybridized carbons (Fsp3) is 0.214. The maximum absolute atomic E-state index is 12.8. The molecular formula is C14H10BrN3O3S2. The van der Waals surface area contributed by atoms with Gasteiger partial charge in [-0.05, 0) is 65.1 Å². The van der Waals surface area contributed by atoms with E-state index in [0.29, 0.717) is 10.1 Å². The lowest BCUT2D eigenvalue weighted by Gasteiger charge is -2.07. The molecule has 0 aromatic carbocycles. The van der Waals surface area contributed by atoms with Gasteiger partial charge in [0.05, 0.1) is 5.39 Å². The Morgan fingerprint density at radius 3 is 3.00 bits per heavy atom. The van der Waals surface area contributed by atoms with Crippen LogP contribution in [0.5, 0.6) is 0 Å². The van der Waals surface area contributed by atoms with E-state index < -0.39 is 5.91 Å². The van der Waals surface area contributed by atoms with Crippen molar-refractivity contribution < 1.29 is 9.21 Å². The van der Waals surface area contributed by atoms with Gasteiger partial charge in [-0.2, -0.15) is 4.68 Å². The molecule has 118 valence electrons. The summed E-state index contributed by atoms with van der Waals surface area (Å²) in [5, 5.41) is 0.622. The maximum Gasteiger partial charge on any atom is 0.305 e. The molecule has 0 spiro atoms. The van der Waals surface area contributed by atoms with Crippen molar-refractivity contribution in [1.82, 2.24) is 9.66 Å². The van der Waals surface area contributed by atoms with Gasteiger partial charge in [0, 0.05) is 4.88 Å². The van der Waals surface area contributed by atoms with E-state index in [-0.39, 0.29) is 16.1 Å². The zero-order valence-electron chi connectivity index (χ0n) is 11.6. The quantitative estimate of drug-likeness (QED) is 0.633. The number of furan rings is 1. The van der Waals surface area contributed by atoms with Crippen LogP contribution in [0.2, 0.25) is 0 Å². The maximum atomic E-state index is 12.8. The smallest absolute Gasteiger partial charge is 0.305 e. The number of aromatic amines is 1. The van der Waals surface area contributed by atoms with Crippen molar-refractivity contribution in [3.63, 3.8) is 0 Å². The standard InChI is InChI=1S/C14H10BrN3O3S2/c15-9-5-4-7(21-9)11(19)17-18-13(20)10-6-2-1-3-8(6)23-12(10)16-14(18)22/h4-5H,1-3H2,(H,16,22)(H,17,19). The molecular weight excluding hydrogens is 402 g/mol. The summed E-state index contributed by atoms with van der Waals surface area (Å²) in [4.78, 5) is 30.0. The lowest BCUT2D eigenvalue weighted by atomic mass is 10.2. The predicted molar refractivity (Wildman–Crippen MR) is 93.4 cm³/mol. The first-order chi connectivity index (χ1) is 11.0. The average Bonchev–Trinajstić information content (AvgIpc) is 3.18. The molecule has 0 radical (unpaired) electrons. The SMILES string of the molecule is O=C(Nn1c(=S)[nH]c2sc3c(c2c1=O)CCC3)c1ccc(Br)o1. The summed E-state index contributed by atoms with van der Waals surface area (Å²) < 4.78 is 6.85. The first kappa shape index (κ1) is 14.9. The Hall–Kier alpha value is -1.71. The first-order valence-electron chi connectivity index (χ1n) is 6.91.